The molecule has 214 valence electrons. The molecule has 0 aliphatic heterocycles. The number of hydrogen-bond acceptors (Lipinski definition) is 4. The van der Waals surface area contributed by atoms with Crippen molar-refractivity contribution in [3.8, 4) is 0 Å². The van der Waals surface area contributed by atoms with Crippen molar-refractivity contribution >= 4 is 27.5 Å². The molecule has 8 heteroatoms. The molecule has 0 bridgehead atoms. The molecular weight excluding hydrogens is 522 g/mol. The van der Waals surface area contributed by atoms with Crippen molar-refractivity contribution in [2.75, 3.05) is 23.7 Å². The third-order valence-corrected chi connectivity index (χ3v) is 7.82. The molecule has 40 heavy (non-hydrogen) atoms. The van der Waals surface area contributed by atoms with Gasteiger partial charge in [0.05, 0.1) is 11.9 Å². The maximum Gasteiger partial charge on any atom is 0.243 e. The minimum absolute atomic E-state index is 0.105. The number of rotatable bonds is 14. The Morgan fingerprint density at radius 2 is 1.45 bits per heavy atom. The summed E-state index contributed by atoms with van der Waals surface area (Å²) in [6.07, 6.45) is 1.96. The minimum atomic E-state index is -3.53. The zero-order valence-corrected chi connectivity index (χ0v) is 24.7. The first-order chi connectivity index (χ1) is 19.0. The second kappa shape index (κ2) is 14.7. The van der Waals surface area contributed by atoms with E-state index < -0.39 is 16.1 Å². The summed E-state index contributed by atoms with van der Waals surface area (Å²) < 4.78 is 26.4. The molecule has 0 saturated heterocycles. The Labute approximate surface area is 239 Å². The Bertz CT molecular complexity index is 1330. The van der Waals surface area contributed by atoms with Crippen LogP contribution in [0.4, 0.5) is 5.69 Å². The normalized spacial score (nSPS) is 12.1. The lowest BCUT2D eigenvalue weighted by molar-refractivity contribution is -0.141. The number of para-hydroxylation sites is 1. The van der Waals surface area contributed by atoms with Gasteiger partial charge in [0.25, 0.3) is 0 Å². The second-order valence-corrected chi connectivity index (χ2v) is 12.5. The van der Waals surface area contributed by atoms with Gasteiger partial charge in [-0.05, 0) is 42.5 Å². The Morgan fingerprint density at radius 1 is 0.850 bits per heavy atom. The van der Waals surface area contributed by atoms with Crippen molar-refractivity contribution in [2.45, 2.75) is 52.6 Å². The Balaban J connectivity index is 1.86. The summed E-state index contributed by atoms with van der Waals surface area (Å²) in [7, 11) is -3.53. The number of benzene rings is 3. The Morgan fingerprint density at radius 3 is 2.02 bits per heavy atom. The summed E-state index contributed by atoms with van der Waals surface area (Å²) in [5.74, 6) is -0.120. The topological polar surface area (TPSA) is 86.8 Å². The number of nitrogens with zero attached hydrogens (tertiary/aromatic N) is 2. The largest absolute Gasteiger partial charge is 0.354 e. The molecule has 0 aliphatic rings. The van der Waals surface area contributed by atoms with Crippen molar-refractivity contribution in [3.05, 3.63) is 102 Å². The van der Waals surface area contributed by atoms with Crippen LogP contribution >= 0.6 is 0 Å². The van der Waals surface area contributed by atoms with Gasteiger partial charge in [-0.1, -0.05) is 92.2 Å². The molecule has 7 nitrogen and oxygen atoms in total. The lowest BCUT2D eigenvalue weighted by atomic mass is 10.0. The van der Waals surface area contributed by atoms with E-state index in [0.29, 0.717) is 25.1 Å². The highest BCUT2D eigenvalue weighted by Gasteiger charge is 2.30. The van der Waals surface area contributed by atoms with Crippen molar-refractivity contribution < 1.29 is 18.0 Å². The van der Waals surface area contributed by atoms with Gasteiger partial charge < -0.3 is 10.2 Å². The van der Waals surface area contributed by atoms with Crippen molar-refractivity contribution in [1.29, 1.82) is 0 Å². The molecule has 0 unspecified atom stereocenters. The van der Waals surface area contributed by atoms with Gasteiger partial charge in [0, 0.05) is 32.5 Å². The van der Waals surface area contributed by atoms with E-state index in [1.807, 2.05) is 81.4 Å². The van der Waals surface area contributed by atoms with E-state index in [-0.39, 0.29) is 37.2 Å². The average molecular weight is 564 g/mol. The maximum atomic E-state index is 13.8. The first-order valence-electron chi connectivity index (χ1n) is 13.7. The van der Waals surface area contributed by atoms with Crippen LogP contribution in [0.2, 0.25) is 0 Å². The molecule has 0 saturated carbocycles. The monoisotopic (exact) mass is 563 g/mol. The van der Waals surface area contributed by atoms with E-state index in [0.717, 1.165) is 16.7 Å². The fourth-order valence-electron chi connectivity index (χ4n) is 4.46. The lowest BCUT2D eigenvalue weighted by Crippen LogP contribution is -2.51. The number of nitrogens with one attached hydrogen (secondary N) is 1. The van der Waals surface area contributed by atoms with E-state index in [1.54, 1.807) is 29.2 Å². The number of aryl methyl sites for hydroxylation is 1. The van der Waals surface area contributed by atoms with Crippen LogP contribution in [0.3, 0.4) is 0 Å². The lowest BCUT2D eigenvalue weighted by Gasteiger charge is -2.32. The number of carbonyl (C=O) groups excluding carboxylic acids is 2. The summed E-state index contributed by atoms with van der Waals surface area (Å²) in [5.41, 5.74) is 3.56. The summed E-state index contributed by atoms with van der Waals surface area (Å²) >= 11 is 0. The fraction of sp³-hybridized carbons (Fsp3) is 0.375. The van der Waals surface area contributed by atoms with Gasteiger partial charge in [0.1, 0.15) is 6.04 Å². The highest BCUT2D eigenvalue weighted by atomic mass is 32.2. The number of hydrogen-bond donors (Lipinski definition) is 1. The van der Waals surface area contributed by atoms with E-state index in [2.05, 4.69) is 5.32 Å². The van der Waals surface area contributed by atoms with Gasteiger partial charge >= 0.3 is 0 Å². The Hall–Kier alpha value is -3.65. The smallest absolute Gasteiger partial charge is 0.243 e. The molecule has 0 fully saturated rings. The van der Waals surface area contributed by atoms with Gasteiger partial charge in [-0.15, -0.1) is 0 Å². The van der Waals surface area contributed by atoms with Crippen LogP contribution in [0.25, 0.3) is 0 Å². The third kappa shape index (κ3) is 9.52. The summed E-state index contributed by atoms with van der Waals surface area (Å²) in [6, 6.07) is 25.8. The molecule has 0 heterocycles. The average Bonchev–Trinajstić information content (AvgIpc) is 2.93. The fourth-order valence-corrected chi connectivity index (χ4v) is 5.43. The van der Waals surface area contributed by atoms with Crippen LogP contribution in [0, 0.1) is 12.8 Å². The summed E-state index contributed by atoms with van der Waals surface area (Å²) in [4.78, 5) is 29.0. The van der Waals surface area contributed by atoms with E-state index in [1.165, 1.54) is 10.6 Å². The molecule has 0 spiro atoms. The van der Waals surface area contributed by atoms with Crippen LogP contribution in [-0.2, 0) is 32.6 Å². The third-order valence-electron chi connectivity index (χ3n) is 6.63. The van der Waals surface area contributed by atoms with Gasteiger partial charge in [0.2, 0.25) is 21.8 Å². The van der Waals surface area contributed by atoms with Crippen molar-refractivity contribution in [1.82, 2.24) is 10.2 Å². The zero-order valence-electron chi connectivity index (χ0n) is 23.9. The Kier molecular flexibility index (Phi) is 11.3. The highest BCUT2D eigenvalue weighted by Crippen LogP contribution is 2.20. The van der Waals surface area contributed by atoms with Crippen LogP contribution in [0.15, 0.2) is 84.9 Å². The molecule has 0 aromatic heterocycles. The highest BCUT2D eigenvalue weighted by molar-refractivity contribution is 7.92. The van der Waals surface area contributed by atoms with Crippen molar-refractivity contribution in [3.63, 3.8) is 0 Å². The molecule has 1 N–H and O–H groups in total. The molecule has 2 amide bonds. The van der Waals surface area contributed by atoms with Crippen molar-refractivity contribution in [2.24, 2.45) is 5.92 Å². The van der Waals surface area contributed by atoms with Crippen LogP contribution in [0.1, 0.15) is 43.4 Å². The molecule has 1 atom stereocenters. The number of sulfonamides is 1. The van der Waals surface area contributed by atoms with Gasteiger partial charge in [0.15, 0.2) is 0 Å². The summed E-state index contributed by atoms with van der Waals surface area (Å²) in [6.45, 7) is 7.02. The number of amides is 2. The maximum absolute atomic E-state index is 13.8. The summed E-state index contributed by atoms with van der Waals surface area (Å²) in [5, 5.41) is 3.03. The van der Waals surface area contributed by atoms with Crippen LogP contribution < -0.4 is 9.62 Å². The molecule has 3 rings (SSSR count). The first kappa shape index (κ1) is 30.9. The standard InChI is InChI=1S/C32H41N3O4S/c1-25(2)23-33-32(37)30(22-27-12-7-5-8-13-27)34(24-28-19-17-26(3)18-20-28)31(36)16-11-21-35(40(4,38)39)29-14-9-6-10-15-29/h5-10,12-15,17-20,25,30H,11,16,21-24H2,1-4H3,(H,33,37)/t30-/m0/s1. The second-order valence-electron chi connectivity index (χ2n) is 10.6. The van der Waals surface area contributed by atoms with E-state index in [4.69, 9.17) is 0 Å². The number of carbonyl (C=O) groups is 2. The van der Waals surface area contributed by atoms with Gasteiger partial charge in [-0.25, -0.2) is 8.42 Å². The van der Waals surface area contributed by atoms with Gasteiger partial charge in [-0.3, -0.25) is 13.9 Å². The molecule has 3 aromatic carbocycles. The van der Waals surface area contributed by atoms with Gasteiger partial charge in [-0.2, -0.15) is 0 Å². The minimum Gasteiger partial charge on any atom is -0.354 e. The first-order valence-corrected chi connectivity index (χ1v) is 15.6. The predicted molar refractivity (Wildman–Crippen MR) is 161 cm³/mol. The van der Waals surface area contributed by atoms with Crippen LogP contribution in [0.5, 0.6) is 0 Å². The molecule has 0 radical (unpaired) electrons. The SMILES string of the molecule is Cc1ccc(CN(C(=O)CCCN(c2ccccc2)S(C)(=O)=O)[C@@H](Cc2ccccc2)C(=O)NCC(C)C)cc1. The number of anilines is 1. The zero-order chi connectivity index (χ0) is 29.1. The van der Waals surface area contributed by atoms with E-state index >= 15 is 0 Å². The van der Waals surface area contributed by atoms with E-state index in [9.17, 15) is 18.0 Å². The molecular formula is C32H41N3O4S. The van der Waals surface area contributed by atoms with Crippen LogP contribution in [-0.4, -0.2) is 50.5 Å². The predicted octanol–water partition coefficient (Wildman–Crippen LogP) is 4.95. The molecule has 3 aromatic rings. The molecule has 0 aliphatic carbocycles. The quantitative estimate of drug-likeness (QED) is 0.301.